The van der Waals surface area contributed by atoms with E-state index in [-0.39, 0.29) is 17.9 Å². The second-order valence-electron chi connectivity index (χ2n) is 5.77. The number of ether oxygens (including phenoxy) is 1. The number of hydrogen-bond donors (Lipinski definition) is 0. The fourth-order valence-electron chi connectivity index (χ4n) is 1.90. The van der Waals surface area contributed by atoms with Crippen LogP contribution in [0.2, 0.25) is 0 Å². The highest BCUT2D eigenvalue weighted by molar-refractivity contribution is 6.16. The Hall–Kier alpha value is -2.43. The summed E-state index contributed by atoms with van der Waals surface area (Å²) in [5.41, 5.74) is 0.0865. The Labute approximate surface area is 123 Å². The molecule has 5 heteroatoms. The van der Waals surface area contributed by atoms with E-state index in [0.29, 0.717) is 5.56 Å². The Bertz CT molecular complexity index is 611. The summed E-state index contributed by atoms with van der Waals surface area (Å²) in [7, 11) is 0. The first kappa shape index (κ1) is 15.0. The maximum Gasteiger partial charge on any atom is 0.417 e. The third kappa shape index (κ3) is 3.56. The first-order valence-corrected chi connectivity index (χ1v) is 6.63. The number of Topliss-reactive ketones (excluding diaryl/α,β-unsaturated/α-hetero) is 1. The van der Waals surface area contributed by atoms with Gasteiger partial charge in [-0.3, -0.25) is 9.59 Å². The van der Waals surface area contributed by atoms with Crippen molar-refractivity contribution in [1.82, 2.24) is 4.90 Å². The van der Waals surface area contributed by atoms with Crippen LogP contribution < -0.4 is 0 Å². The molecule has 0 saturated carbocycles. The van der Waals surface area contributed by atoms with Gasteiger partial charge in [0, 0.05) is 17.2 Å². The summed E-state index contributed by atoms with van der Waals surface area (Å²) in [5, 5.41) is 0. The number of imide groups is 1. The van der Waals surface area contributed by atoms with Crippen LogP contribution in [0.4, 0.5) is 4.79 Å². The zero-order valence-electron chi connectivity index (χ0n) is 12.3. The maximum atomic E-state index is 12.2. The van der Waals surface area contributed by atoms with Crippen LogP contribution in [0.15, 0.2) is 42.0 Å². The molecule has 1 heterocycles. The lowest BCUT2D eigenvalue weighted by Gasteiger charge is -2.23. The molecule has 0 N–H and O–H groups in total. The second-order valence-corrected chi connectivity index (χ2v) is 5.77. The minimum atomic E-state index is -0.736. The van der Waals surface area contributed by atoms with E-state index in [2.05, 4.69) is 0 Å². The summed E-state index contributed by atoms with van der Waals surface area (Å²) in [6.07, 6.45) is 0.457. The highest BCUT2D eigenvalue weighted by Crippen LogP contribution is 2.19. The van der Waals surface area contributed by atoms with Gasteiger partial charge in [-0.1, -0.05) is 30.3 Å². The molecule has 5 nitrogen and oxygen atoms in total. The van der Waals surface area contributed by atoms with Gasteiger partial charge < -0.3 is 4.74 Å². The molecule has 21 heavy (non-hydrogen) atoms. The van der Waals surface area contributed by atoms with Gasteiger partial charge in [0.05, 0.1) is 6.54 Å². The molecule has 0 radical (unpaired) electrons. The molecule has 0 fully saturated rings. The van der Waals surface area contributed by atoms with Crippen LogP contribution >= 0.6 is 0 Å². The molecule has 0 aliphatic carbocycles. The number of benzene rings is 1. The Balaban J connectivity index is 2.10. The molecule has 2 rings (SSSR count). The minimum Gasteiger partial charge on any atom is -0.443 e. The first-order valence-electron chi connectivity index (χ1n) is 6.63. The molecule has 2 amide bonds. The molecule has 0 saturated heterocycles. The van der Waals surface area contributed by atoms with Crippen molar-refractivity contribution in [2.75, 3.05) is 6.54 Å². The zero-order valence-corrected chi connectivity index (χ0v) is 12.3. The van der Waals surface area contributed by atoms with Gasteiger partial charge in [0.2, 0.25) is 0 Å². The highest BCUT2D eigenvalue weighted by Gasteiger charge is 2.33. The van der Waals surface area contributed by atoms with Crippen molar-refractivity contribution in [2.24, 2.45) is 0 Å². The summed E-state index contributed by atoms with van der Waals surface area (Å²) >= 11 is 0. The van der Waals surface area contributed by atoms with Crippen molar-refractivity contribution in [3.05, 3.63) is 47.5 Å². The third-order valence-electron chi connectivity index (χ3n) is 2.83. The SMILES string of the molecule is CC(C)(C)OC(=O)N1CC(C(=O)c2ccccc2)=CC1=O. The van der Waals surface area contributed by atoms with Crippen molar-refractivity contribution >= 4 is 17.8 Å². The minimum absolute atomic E-state index is 0.0541. The van der Waals surface area contributed by atoms with E-state index in [1.165, 1.54) is 6.08 Å². The van der Waals surface area contributed by atoms with Gasteiger partial charge in [-0.05, 0) is 20.8 Å². The van der Waals surface area contributed by atoms with Crippen LogP contribution in [-0.4, -0.2) is 34.8 Å². The number of amides is 2. The fraction of sp³-hybridized carbons (Fsp3) is 0.312. The van der Waals surface area contributed by atoms with Crippen molar-refractivity contribution < 1.29 is 19.1 Å². The molecule has 110 valence electrons. The van der Waals surface area contributed by atoms with E-state index in [0.717, 1.165) is 4.90 Å². The van der Waals surface area contributed by atoms with Crippen LogP contribution in [0.5, 0.6) is 0 Å². The first-order chi connectivity index (χ1) is 9.78. The molecule has 0 bridgehead atoms. The number of hydrogen-bond acceptors (Lipinski definition) is 4. The molecular formula is C16H17NO4. The lowest BCUT2D eigenvalue weighted by atomic mass is 10.0. The van der Waals surface area contributed by atoms with Gasteiger partial charge in [-0.2, -0.15) is 0 Å². The summed E-state index contributed by atoms with van der Waals surface area (Å²) in [5.74, 6) is -0.779. The van der Waals surface area contributed by atoms with Gasteiger partial charge in [0.1, 0.15) is 5.60 Å². The number of ketones is 1. The fourth-order valence-corrected chi connectivity index (χ4v) is 1.90. The van der Waals surface area contributed by atoms with Crippen molar-refractivity contribution in [1.29, 1.82) is 0 Å². The van der Waals surface area contributed by atoms with Gasteiger partial charge in [0.25, 0.3) is 5.91 Å². The van der Waals surface area contributed by atoms with Gasteiger partial charge in [0.15, 0.2) is 5.78 Å². The van der Waals surface area contributed by atoms with E-state index in [4.69, 9.17) is 4.74 Å². The summed E-state index contributed by atoms with van der Waals surface area (Å²) in [6, 6.07) is 8.64. The molecule has 0 aromatic heterocycles. The lowest BCUT2D eigenvalue weighted by Crippen LogP contribution is -2.38. The van der Waals surface area contributed by atoms with Gasteiger partial charge in [-0.15, -0.1) is 0 Å². The Morgan fingerprint density at radius 2 is 1.76 bits per heavy atom. The molecule has 1 aliphatic heterocycles. The number of carbonyl (C=O) groups excluding carboxylic acids is 3. The van der Waals surface area contributed by atoms with Gasteiger partial charge in [-0.25, -0.2) is 9.69 Å². The quantitative estimate of drug-likeness (QED) is 0.784. The van der Waals surface area contributed by atoms with Crippen molar-refractivity contribution in [3.8, 4) is 0 Å². The number of rotatable bonds is 2. The maximum absolute atomic E-state index is 12.2. The van der Waals surface area contributed by atoms with E-state index >= 15 is 0 Å². The standard InChI is InChI=1S/C16H17NO4/c1-16(2,3)21-15(20)17-10-12(9-13(17)18)14(19)11-7-5-4-6-8-11/h4-9H,10H2,1-3H3. The molecule has 0 spiro atoms. The Kier molecular flexibility index (Phi) is 3.93. The smallest absolute Gasteiger partial charge is 0.417 e. The monoisotopic (exact) mass is 287 g/mol. The van der Waals surface area contributed by atoms with Crippen LogP contribution in [0.1, 0.15) is 31.1 Å². The summed E-state index contributed by atoms with van der Waals surface area (Å²) in [4.78, 5) is 36.9. The van der Waals surface area contributed by atoms with E-state index < -0.39 is 17.6 Å². The largest absolute Gasteiger partial charge is 0.443 e. The highest BCUT2D eigenvalue weighted by atomic mass is 16.6. The molecule has 0 unspecified atom stereocenters. The van der Waals surface area contributed by atoms with Crippen LogP contribution in [0.25, 0.3) is 0 Å². The van der Waals surface area contributed by atoms with E-state index in [1.807, 2.05) is 0 Å². The van der Waals surface area contributed by atoms with Gasteiger partial charge >= 0.3 is 6.09 Å². The number of nitrogens with zero attached hydrogens (tertiary/aromatic N) is 1. The lowest BCUT2D eigenvalue weighted by molar-refractivity contribution is -0.123. The predicted octanol–water partition coefficient (Wildman–Crippen LogP) is 2.57. The summed E-state index contributed by atoms with van der Waals surface area (Å²) < 4.78 is 5.15. The van der Waals surface area contributed by atoms with Crippen molar-refractivity contribution in [3.63, 3.8) is 0 Å². The third-order valence-corrected chi connectivity index (χ3v) is 2.83. The van der Waals surface area contributed by atoms with E-state index in [9.17, 15) is 14.4 Å². The van der Waals surface area contributed by atoms with E-state index in [1.54, 1.807) is 51.1 Å². The molecular weight excluding hydrogens is 270 g/mol. The predicted molar refractivity (Wildman–Crippen MR) is 76.8 cm³/mol. The number of carbonyl (C=O) groups is 3. The second kappa shape index (κ2) is 5.52. The molecule has 0 atom stereocenters. The molecule has 1 aromatic rings. The van der Waals surface area contributed by atoms with Crippen LogP contribution in [0, 0.1) is 0 Å². The average molecular weight is 287 g/mol. The average Bonchev–Trinajstić information content (AvgIpc) is 2.79. The Morgan fingerprint density at radius 3 is 2.33 bits per heavy atom. The topological polar surface area (TPSA) is 63.7 Å². The summed E-state index contributed by atoms with van der Waals surface area (Å²) in [6.45, 7) is 5.10. The normalized spacial score (nSPS) is 14.9. The Morgan fingerprint density at radius 1 is 1.14 bits per heavy atom. The molecule has 1 aromatic carbocycles. The zero-order chi connectivity index (χ0) is 15.6. The molecule has 1 aliphatic rings. The van der Waals surface area contributed by atoms with Crippen molar-refractivity contribution in [2.45, 2.75) is 26.4 Å². The van der Waals surface area contributed by atoms with Crippen LogP contribution in [-0.2, 0) is 9.53 Å². The van der Waals surface area contributed by atoms with Crippen LogP contribution in [0.3, 0.4) is 0 Å².